The van der Waals surface area contributed by atoms with Gasteiger partial charge in [0.2, 0.25) is 0 Å². The number of benzene rings is 3. The van der Waals surface area contributed by atoms with E-state index in [1.165, 1.54) is 12.1 Å². The van der Waals surface area contributed by atoms with E-state index in [1.807, 2.05) is 10.6 Å². The third-order valence-electron chi connectivity index (χ3n) is 6.18. The highest BCUT2D eigenvalue weighted by atomic mass is 19.2. The highest BCUT2D eigenvalue weighted by molar-refractivity contribution is 6.04. The van der Waals surface area contributed by atoms with Gasteiger partial charge in [-0.2, -0.15) is 0 Å². The van der Waals surface area contributed by atoms with Crippen molar-refractivity contribution in [1.82, 2.24) is 4.57 Å². The molecule has 0 unspecified atom stereocenters. The second kappa shape index (κ2) is 8.33. The Morgan fingerprint density at radius 3 is 2.45 bits per heavy atom. The van der Waals surface area contributed by atoms with Gasteiger partial charge in [0.25, 0.3) is 0 Å². The first kappa shape index (κ1) is 21.2. The third-order valence-corrected chi connectivity index (χ3v) is 6.18. The van der Waals surface area contributed by atoms with E-state index in [9.17, 15) is 23.8 Å². The van der Waals surface area contributed by atoms with Crippen molar-refractivity contribution in [3.63, 3.8) is 0 Å². The van der Waals surface area contributed by atoms with Crippen LogP contribution in [0, 0.1) is 11.6 Å². The molecule has 1 aliphatic heterocycles. The first-order valence-electron chi connectivity index (χ1n) is 10.7. The molecule has 7 heteroatoms. The molecule has 168 valence electrons. The average Bonchev–Trinajstić information content (AvgIpc) is 3.18. The number of hydrogen-bond acceptors (Lipinski definition) is 3. The molecule has 33 heavy (non-hydrogen) atoms. The number of halogens is 2. The minimum absolute atomic E-state index is 0.00199. The van der Waals surface area contributed by atoms with Gasteiger partial charge in [-0.15, -0.1) is 0 Å². The minimum atomic E-state index is -1.06. The summed E-state index contributed by atoms with van der Waals surface area (Å²) in [6, 6.07) is 15.3. The van der Waals surface area contributed by atoms with Crippen LogP contribution in [-0.2, 0) is 4.74 Å². The number of carbonyl (C=O) groups is 1. The highest BCUT2D eigenvalue weighted by Crippen LogP contribution is 2.46. The summed E-state index contributed by atoms with van der Waals surface area (Å²) in [4.78, 5) is 11.6. The number of aromatic hydroxyl groups is 1. The Kier molecular flexibility index (Phi) is 5.34. The first-order chi connectivity index (χ1) is 16.0. The molecule has 2 N–H and O–H groups in total. The summed E-state index contributed by atoms with van der Waals surface area (Å²) in [5.41, 5.74) is 3.29. The van der Waals surface area contributed by atoms with Gasteiger partial charge in [0, 0.05) is 47.5 Å². The molecule has 5 nitrogen and oxygen atoms in total. The van der Waals surface area contributed by atoms with Crippen LogP contribution in [0.15, 0.2) is 60.7 Å². The zero-order chi connectivity index (χ0) is 23.1. The fourth-order valence-corrected chi connectivity index (χ4v) is 4.70. The Morgan fingerprint density at radius 1 is 0.970 bits per heavy atom. The van der Waals surface area contributed by atoms with Crippen molar-refractivity contribution >= 4 is 16.9 Å². The molecule has 0 radical (unpaired) electrons. The van der Waals surface area contributed by atoms with Gasteiger partial charge in [-0.05, 0) is 54.8 Å². The number of carboxylic acids is 1. The normalized spacial score (nSPS) is 14.6. The number of nitrogens with zero attached hydrogens (tertiary/aromatic N) is 1. The summed E-state index contributed by atoms with van der Waals surface area (Å²) in [5.74, 6) is -2.94. The van der Waals surface area contributed by atoms with Gasteiger partial charge < -0.3 is 19.5 Å². The molecule has 1 saturated heterocycles. The van der Waals surface area contributed by atoms with Crippen molar-refractivity contribution in [1.29, 1.82) is 0 Å². The zero-order valence-corrected chi connectivity index (χ0v) is 17.6. The van der Waals surface area contributed by atoms with Crippen LogP contribution in [0.4, 0.5) is 8.78 Å². The van der Waals surface area contributed by atoms with Gasteiger partial charge in [0.1, 0.15) is 5.75 Å². The molecule has 4 aromatic rings. The lowest BCUT2D eigenvalue weighted by Crippen LogP contribution is -2.17. The van der Waals surface area contributed by atoms with E-state index in [4.69, 9.17) is 4.74 Å². The Hall–Kier alpha value is -3.71. The molecule has 0 bridgehead atoms. The standard InChI is InChI=1S/C26H21F2NO4/c27-19-8-7-18(14-20(19)28)29-21-5-2-6-22(30)24(21)23(25(29)15-9-11-33-12-10-15)16-3-1-4-17(13-16)26(31)32/h1-8,13-15,30H,9-12H2,(H,31,32). The number of aromatic nitrogens is 1. The Labute approximate surface area is 188 Å². The van der Waals surface area contributed by atoms with Crippen LogP contribution in [0.5, 0.6) is 5.75 Å². The smallest absolute Gasteiger partial charge is 0.335 e. The molecule has 0 aliphatic carbocycles. The quantitative estimate of drug-likeness (QED) is 0.409. The fraction of sp³-hybridized carbons (Fsp3) is 0.192. The lowest BCUT2D eigenvalue weighted by atomic mass is 9.89. The van der Waals surface area contributed by atoms with Crippen molar-refractivity contribution in [2.75, 3.05) is 13.2 Å². The molecule has 1 fully saturated rings. The average molecular weight is 449 g/mol. The Balaban J connectivity index is 1.90. The van der Waals surface area contributed by atoms with E-state index >= 15 is 0 Å². The van der Waals surface area contributed by atoms with Crippen molar-refractivity contribution in [3.8, 4) is 22.6 Å². The maximum Gasteiger partial charge on any atom is 0.335 e. The van der Waals surface area contributed by atoms with Gasteiger partial charge in [-0.25, -0.2) is 13.6 Å². The van der Waals surface area contributed by atoms with Crippen LogP contribution < -0.4 is 0 Å². The van der Waals surface area contributed by atoms with Gasteiger partial charge in [0.05, 0.1) is 11.1 Å². The summed E-state index contributed by atoms with van der Waals surface area (Å²) in [6.07, 6.45) is 1.40. The number of phenols is 1. The Bertz CT molecular complexity index is 1370. The summed E-state index contributed by atoms with van der Waals surface area (Å²) in [6.45, 7) is 1.09. The molecule has 0 spiro atoms. The van der Waals surface area contributed by atoms with E-state index in [2.05, 4.69) is 0 Å². The maximum absolute atomic E-state index is 14.3. The number of fused-ring (bicyclic) bond motifs is 1. The van der Waals surface area contributed by atoms with Crippen molar-refractivity contribution in [2.45, 2.75) is 18.8 Å². The number of ether oxygens (including phenoxy) is 1. The van der Waals surface area contributed by atoms with Gasteiger partial charge in [-0.3, -0.25) is 0 Å². The van der Waals surface area contributed by atoms with Crippen LogP contribution >= 0.6 is 0 Å². The number of phenolic OH excluding ortho intramolecular Hbond substituents is 1. The summed E-state index contributed by atoms with van der Waals surface area (Å²) in [7, 11) is 0. The van der Waals surface area contributed by atoms with Gasteiger partial charge in [-0.1, -0.05) is 18.2 Å². The molecule has 0 atom stereocenters. The molecule has 0 saturated carbocycles. The SMILES string of the molecule is O=C(O)c1cccc(-c2c(C3CCOCC3)n(-c3ccc(F)c(F)c3)c3cccc(O)c23)c1. The van der Waals surface area contributed by atoms with Crippen LogP contribution in [-0.4, -0.2) is 34.0 Å². The zero-order valence-electron chi connectivity index (χ0n) is 17.6. The van der Waals surface area contributed by atoms with Gasteiger partial charge >= 0.3 is 5.97 Å². The van der Waals surface area contributed by atoms with Gasteiger partial charge in [0.15, 0.2) is 11.6 Å². The summed E-state index contributed by atoms with van der Waals surface area (Å²) < 4.78 is 35.4. The van der Waals surface area contributed by atoms with E-state index in [1.54, 1.807) is 30.3 Å². The van der Waals surface area contributed by atoms with E-state index in [0.29, 0.717) is 53.8 Å². The highest BCUT2D eigenvalue weighted by Gasteiger charge is 2.29. The molecule has 1 aliphatic rings. The van der Waals surface area contributed by atoms with E-state index in [-0.39, 0.29) is 17.2 Å². The van der Waals surface area contributed by atoms with Crippen LogP contribution in [0.3, 0.4) is 0 Å². The second-order valence-corrected chi connectivity index (χ2v) is 8.14. The van der Waals surface area contributed by atoms with Crippen molar-refractivity contribution in [2.24, 2.45) is 0 Å². The van der Waals surface area contributed by atoms with E-state index in [0.717, 1.165) is 17.8 Å². The van der Waals surface area contributed by atoms with Crippen LogP contribution in [0.2, 0.25) is 0 Å². The molecule has 5 rings (SSSR count). The van der Waals surface area contributed by atoms with Crippen molar-refractivity contribution < 1.29 is 28.5 Å². The second-order valence-electron chi connectivity index (χ2n) is 8.14. The molecule has 0 amide bonds. The van der Waals surface area contributed by atoms with Crippen molar-refractivity contribution in [3.05, 3.63) is 83.6 Å². The number of rotatable bonds is 4. The third kappa shape index (κ3) is 3.64. The molecular weight excluding hydrogens is 428 g/mol. The number of hydrogen-bond donors (Lipinski definition) is 2. The largest absolute Gasteiger partial charge is 0.507 e. The topological polar surface area (TPSA) is 71.7 Å². The molecule has 1 aromatic heterocycles. The fourth-order valence-electron chi connectivity index (χ4n) is 4.70. The maximum atomic E-state index is 14.3. The minimum Gasteiger partial charge on any atom is -0.507 e. The lowest BCUT2D eigenvalue weighted by Gasteiger charge is -2.26. The number of carboxylic acid groups (broad SMARTS) is 1. The lowest BCUT2D eigenvalue weighted by molar-refractivity contribution is 0.0697. The molecule has 2 heterocycles. The molecule has 3 aromatic carbocycles. The van der Waals surface area contributed by atoms with E-state index < -0.39 is 17.6 Å². The molecular formula is C26H21F2NO4. The van der Waals surface area contributed by atoms with Crippen LogP contribution in [0.1, 0.15) is 34.8 Å². The monoisotopic (exact) mass is 449 g/mol. The predicted molar refractivity (Wildman–Crippen MR) is 120 cm³/mol. The Morgan fingerprint density at radius 2 is 1.73 bits per heavy atom. The first-order valence-corrected chi connectivity index (χ1v) is 10.7. The number of aromatic carboxylic acids is 1. The van der Waals surface area contributed by atoms with Crippen LogP contribution in [0.25, 0.3) is 27.7 Å². The summed E-state index contributed by atoms with van der Waals surface area (Å²) in [5, 5.41) is 21.0. The summed E-state index contributed by atoms with van der Waals surface area (Å²) >= 11 is 0. The predicted octanol–water partition coefficient (Wildman–Crippen LogP) is 5.87.